The zero-order valence-corrected chi connectivity index (χ0v) is 29.0. The van der Waals surface area contributed by atoms with Crippen molar-refractivity contribution in [2.24, 2.45) is 0 Å². The number of rotatable bonds is 12. The zero-order chi connectivity index (χ0) is 34.6. The van der Waals surface area contributed by atoms with Gasteiger partial charge in [0.05, 0.1) is 5.56 Å². The van der Waals surface area contributed by atoms with E-state index in [2.05, 4.69) is 179 Å². The largest absolute Gasteiger partial charge is 0.334 e. The number of hydrogen-bond donors (Lipinski definition) is 2. The van der Waals surface area contributed by atoms with Crippen LogP contribution < -0.4 is 4.68 Å². The number of aryl methyl sites for hydroxylation is 2. The summed E-state index contributed by atoms with van der Waals surface area (Å²) in [5.41, 5.74) is 10.3. The van der Waals surface area contributed by atoms with E-state index in [4.69, 9.17) is 10.1 Å². The molecule has 2 N–H and O–H groups in total. The minimum atomic E-state index is -0.781. The number of benzene rings is 5. The third-order valence-corrected chi connectivity index (χ3v) is 9.85. The van der Waals surface area contributed by atoms with Crippen molar-refractivity contribution in [3.63, 3.8) is 0 Å². The third kappa shape index (κ3) is 5.82. The number of aromatic nitrogens is 8. The molecule has 8 aromatic rings. The Balaban J connectivity index is 1.22. The van der Waals surface area contributed by atoms with Crippen LogP contribution in [0.2, 0.25) is 0 Å². The van der Waals surface area contributed by atoms with Gasteiger partial charge in [-0.25, -0.2) is 4.98 Å². The maximum absolute atomic E-state index is 4.86. The summed E-state index contributed by atoms with van der Waals surface area (Å²) in [6, 6.07) is 49.1. The quantitative estimate of drug-likeness (QED) is 0.102. The Morgan fingerprint density at radius 2 is 1.27 bits per heavy atom. The second-order valence-electron chi connectivity index (χ2n) is 13.0. The standard InChI is InChI=1S/C43H40N8/c1-3-5-25-39-38(41-44-40(4-2)47-51(41)46-39)30-31-26-28-32(29-27-31)36-23-15-16-24-37(36)42-45-48-49-50(42)43(33-17-9-6-10-18-33,34-19-11-7-12-20-34)35-21-13-8-14-22-35/h6-24,26-29H,3-5,25,30H2,1-2H3,(H,44,46,47)/p+1. The number of fused-ring (bicyclic) bond motifs is 1. The SMILES string of the molecule is CCCCc1[nH]n2nc(CC)nc2c1Cc1ccc(-c2ccccc2-c2nn[nH][n+]2C(c2ccccc2)(c2ccccc2)c2ccccc2)cc1. The molecule has 0 radical (unpaired) electrons. The van der Waals surface area contributed by atoms with Gasteiger partial charge in [0.2, 0.25) is 0 Å². The molecule has 0 unspecified atom stereocenters. The van der Waals surface area contributed by atoms with Crippen LogP contribution in [0.1, 0.15) is 66.0 Å². The van der Waals surface area contributed by atoms with Crippen LogP contribution in [0.15, 0.2) is 140 Å². The molecule has 3 heterocycles. The van der Waals surface area contributed by atoms with E-state index in [-0.39, 0.29) is 0 Å². The van der Waals surface area contributed by atoms with Gasteiger partial charge in [0, 0.05) is 40.8 Å². The van der Waals surface area contributed by atoms with Gasteiger partial charge in [-0.2, -0.15) is 4.63 Å². The van der Waals surface area contributed by atoms with E-state index < -0.39 is 5.54 Å². The summed E-state index contributed by atoms with van der Waals surface area (Å²) in [5.74, 6) is 1.59. The van der Waals surface area contributed by atoms with Crippen LogP contribution >= 0.6 is 0 Å². The molecule has 0 fully saturated rings. The van der Waals surface area contributed by atoms with Crippen molar-refractivity contribution in [3.8, 4) is 22.5 Å². The molecular formula is C43H41N8+. The van der Waals surface area contributed by atoms with E-state index in [0.717, 1.165) is 82.8 Å². The van der Waals surface area contributed by atoms with Gasteiger partial charge in [-0.15, -0.1) is 9.78 Å². The molecule has 252 valence electrons. The molecule has 0 bridgehead atoms. The fraction of sp³-hybridized carbons (Fsp3) is 0.186. The van der Waals surface area contributed by atoms with Crippen molar-refractivity contribution in [3.05, 3.63) is 179 Å². The first-order valence-corrected chi connectivity index (χ1v) is 17.8. The smallest absolute Gasteiger partial charge is 0.280 e. The highest BCUT2D eigenvalue weighted by Gasteiger charge is 2.46. The Labute approximate surface area is 297 Å². The number of nitrogens with one attached hydrogen (secondary N) is 2. The molecule has 3 aromatic heterocycles. The number of nitrogens with zero attached hydrogens (tertiary/aromatic N) is 6. The summed E-state index contributed by atoms with van der Waals surface area (Å²) in [5, 5.41) is 20.8. The Hall–Kier alpha value is -6.15. The van der Waals surface area contributed by atoms with E-state index in [0.29, 0.717) is 0 Å². The van der Waals surface area contributed by atoms with Crippen molar-refractivity contribution in [2.45, 2.75) is 51.5 Å². The number of H-pyrrole nitrogens is 2. The van der Waals surface area contributed by atoms with Crippen LogP contribution in [0.3, 0.4) is 0 Å². The maximum Gasteiger partial charge on any atom is 0.334 e. The Bertz CT molecular complexity index is 2260. The molecule has 8 rings (SSSR count). The molecule has 0 atom stereocenters. The average Bonchev–Trinajstić information content (AvgIpc) is 3.92. The predicted octanol–water partition coefficient (Wildman–Crippen LogP) is 8.13. The van der Waals surface area contributed by atoms with Gasteiger partial charge < -0.3 is 0 Å². The third-order valence-electron chi connectivity index (χ3n) is 9.85. The molecule has 8 nitrogen and oxygen atoms in total. The first-order valence-electron chi connectivity index (χ1n) is 17.8. The van der Waals surface area contributed by atoms with Crippen LogP contribution in [0.4, 0.5) is 0 Å². The summed E-state index contributed by atoms with van der Waals surface area (Å²) in [6.07, 6.45) is 4.83. The lowest BCUT2D eigenvalue weighted by Gasteiger charge is -2.33. The minimum absolute atomic E-state index is 0.736. The monoisotopic (exact) mass is 669 g/mol. The molecular weight excluding hydrogens is 629 g/mol. The lowest BCUT2D eigenvalue weighted by molar-refractivity contribution is -0.779. The van der Waals surface area contributed by atoms with Crippen LogP contribution in [0.25, 0.3) is 28.2 Å². The summed E-state index contributed by atoms with van der Waals surface area (Å²) in [6.45, 7) is 4.32. The van der Waals surface area contributed by atoms with Crippen LogP contribution in [-0.4, -0.2) is 35.3 Å². The molecule has 0 spiro atoms. The Morgan fingerprint density at radius 3 is 1.86 bits per heavy atom. The predicted molar refractivity (Wildman–Crippen MR) is 200 cm³/mol. The first kappa shape index (κ1) is 32.1. The normalized spacial score (nSPS) is 11.7. The summed E-state index contributed by atoms with van der Waals surface area (Å²) >= 11 is 0. The maximum atomic E-state index is 4.86. The van der Waals surface area contributed by atoms with E-state index >= 15 is 0 Å². The molecule has 0 aliphatic rings. The highest BCUT2D eigenvalue weighted by molar-refractivity contribution is 5.79. The van der Waals surface area contributed by atoms with Crippen molar-refractivity contribution in [2.75, 3.05) is 0 Å². The van der Waals surface area contributed by atoms with Gasteiger partial charge in [0.25, 0.3) is 0 Å². The first-order chi connectivity index (χ1) is 25.2. The molecule has 0 saturated heterocycles. The number of unbranched alkanes of at least 4 members (excludes halogenated alkanes) is 1. The fourth-order valence-corrected chi connectivity index (χ4v) is 7.33. The topological polar surface area (TPSA) is 91.4 Å². The lowest BCUT2D eigenvalue weighted by Crippen LogP contribution is -2.61. The molecule has 0 aliphatic carbocycles. The number of aromatic amines is 2. The molecule has 0 aliphatic heterocycles. The van der Waals surface area contributed by atoms with Crippen LogP contribution in [0, 0.1) is 0 Å². The average molecular weight is 670 g/mol. The lowest BCUT2D eigenvalue weighted by atomic mass is 9.77. The molecule has 51 heavy (non-hydrogen) atoms. The molecule has 0 saturated carbocycles. The van der Waals surface area contributed by atoms with Gasteiger partial charge >= 0.3 is 5.82 Å². The van der Waals surface area contributed by atoms with E-state index in [1.54, 1.807) is 0 Å². The van der Waals surface area contributed by atoms with Crippen molar-refractivity contribution >= 4 is 5.65 Å². The Morgan fingerprint density at radius 1 is 0.686 bits per heavy atom. The molecule has 0 amide bonds. The van der Waals surface area contributed by atoms with E-state index in [9.17, 15) is 0 Å². The van der Waals surface area contributed by atoms with E-state index in [1.807, 2.05) is 4.63 Å². The highest BCUT2D eigenvalue weighted by Crippen LogP contribution is 2.38. The van der Waals surface area contributed by atoms with Crippen LogP contribution in [-0.2, 0) is 24.8 Å². The van der Waals surface area contributed by atoms with Gasteiger partial charge in [0.15, 0.2) is 22.2 Å². The number of hydrogen-bond acceptors (Lipinski definition) is 4. The zero-order valence-electron chi connectivity index (χ0n) is 29.0. The molecule has 8 heteroatoms. The van der Waals surface area contributed by atoms with Crippen LogP contribution in [0.5, 0.6) is 0 Å². The highest BCUT2D eigenvalue weighted by atomic mass is 15.6. The van der Waals surface area contributed by atoms with Crippen molar-refractivity contribution in [1.82, 2.24) is 35.3 Å². The number of tetrazole rings is 1. The van der Waals surface area contributed by atoms with Crippen molar-refractivity contribution < 1.29 is 4.68 Å². The summed E-state index contributed by atoms with van der Waals surface area (Å²) in [7, 11) is 0. The molecule has 5 aromatic carbocycles. The van der Waals surface area contributed by atoms with E-state index in [1.165, 1.54) is 16.8 Å². The Kier molecular flexibility index (Phi) is 8.80. The van der Waals surface area contributed by atoms with Gasteiger partial charge in [-0.1, -0.05) is 159 Å². The van der Waals surface area contributed by atoms with Crippen molar-refractivity contribution in [1.29, 1.82) is 0 Å². The van der Waals surface area contributed by atoms with Gasteiger partial charge in [-0.3, -0.25) is 5.10 Å². The summed E-state index contributed by atoms with van der Waals surface area (Å²) in [4.78, 5) is 4.86. The van der Waals surface area contributed by atoms with Gasteiger partial charge in [0.1, 0.15) is 5.10 Å². The minimum Gasteiger partial charge on any atom is -0.280 e. The second kappa shape index (κ2) is 14.0. The fourth-order valence-electron chi connectivity index (χ4n) is 7.33. The van der Waals surface area contributed by atoms with Gasteiger partial charge in [-0.05, 0) is 35.6 Å². The second-order valence-corrected chi connectivity index (χ2v) is 13.0. The summed E-state index contributed by atoms with van der Waals surface area (Å²) < 4.78 is 3.98.